The van der Waals surface area contributed by atoms with E-state index in [9.17, 15) is 0 Å². The quantitative estimate of drug-likeness (QED) is 0.450. The van der Waals surface area contributed by atoms with Crippen LogP contribution in [0.1, 0.15) is 17.5 Å². The monoisotopic (exact) mass is 189 g/mol. The van der Waals surface area contributed by atoms with E-state index in [0.717, 1.165) is 22.6 Å². The van der Waals surface area contributed by atoms with Gasteiger partial charge < -0.3 is 10.5 Å². The van der Waals surface area contributed by atoms with Crippen LogP contribution < -0.4 is 10.5 Å². The molecule has 0 radical (unpaired) electrons. The Kier molecular flexibility index (Phi) is 3.41. The third kappa shape index (κ3) is 2.20. The molecule has 0 spiro atoms. The second-order valence-electron chi connectivity index (χ2n) is 3.23. The molecule has 0 aliphatic carbocycles. The number of hydrogen-bond acceptors (Lipinski definition) is 2. The molecule has 0 bridgehead atoms. The summed E-state index contributed by atoms with van der Waals surface area (Å²) in [6.45, 7) is 4.49. The van der Waals surface area contributed by atoms with Crippen molar-refractivity contribution >= 4 is 5.69 Å². The molecule has 0 aliphatic heterocycles. The summed E-state index contributed by atoms with van der Waals surface area (Å²) in [5.41, 5.74) is 8.61. The highest BCUT2D eigenvalue weighted by Gasteiger charge is 2.05. The number of aryl methyl sites for hydroxylation is 1. The Morgan fingerprint density at radius 1 is 1.43 bits per heavy atom. The molecule has 0 unspecified atom stereocenters. The lowest BCUT2D eigenvalue weighted by Crippen LogP contribution is -2.01. The van der Waals surface area contributed by atoms with Crippen molar-refractivity contribution in [2.45, 2.75) is 20.3 Å². The topological polar surface area (TPSA) is 35.2 Å². The summed E-state index contributed by atoms with van der Waals surface area (Å²) in [5, 5.41) is 0. The molecule has 74 valence electrons. The van der Waals surface area contributed by atoms with Crippen molar-refractivity contribution in [1.82, 2.24) is 0 Å². The predicted octanol–water partition coefficient (Wildman–Crippen LogP) is 2.29. The van der Waals surface area contributed by atoms with Crippen LogP contribution in [-0.2, 0) is 0 Å². The maximum Gasteiger partial charge on any atom is 0.127 e. The average Bonchev–Trinajstić information content (AvgIpc) is 2.18. The zero-order valence-corrected chi connectivity index (χ0v) is 8.63. The Hall–Kier alpha value is -1.62. The fraction of sp³-hybridized carbons (Fsp3) is 0.333. The molecule has 0 amide bonds. The molecule has 2 heteroatoms. The number of nitrogens with two attached hydrogens (primary N) is 1. The highest BCUT2D eigenvalue weighted by molar-refractivity contribution is 5.56. The molecule has 2 nitrogen and oxygen atoms in total. The first-order valence-electron chi connectivity index (χ1n) is 4.58. The fourth-order valence-electron chi connectivity index (χ4n) is 1.28. The van der Waals surface area contributed by atoms with Crippen LogP contribution in [-0.4, -0.2) is 6.61 Å². The highest BCUT2D eigenvalue weighted by atomic mass is 16.5. The van der Waals surface area contributed by atoms with Gasteiger partial charge in [0.15, 0.2) is 0 Å². The molecular weight excluding hydrogens is 174 g/mol. The van der Waals surface area contributed by atoms with E-state index in [1.165, 1.54) is 0 Å². The largest absolute Gasteiger partial charge is 0.492 e. The second kappa shape index (κ2) is 4.57. The van der Waals surface area contributed by atoms with Gasteiger partial charge in [0.25, 0.3) is 0 Å². The van der Waals surface area contributed by atoms with E-state index in [1.807, 2.05) is 26.0 Å². The zero-order chi connectivity index (χ0) is 10.6. The van der Waals surface area contributed by atoms with Crippen LogP contribution >= 0.6 is 0 Å². The van der Waals surface area contributed by atoms with Gasteiger partial charge in [-0.15, -0.1) is 12.3 Å². The maximum absolute atomic E-state index is 5.77. The minimum absolute atomic E-state index is 0.543. The first-order valence-corrected chi connectivity index (χ1v) is 4.58. The number of rotatable bonds is 3. The number of anilines is 1. The van der Waals surface area contributed by atoms with Crippen LogP contribution in [0.2, 0.25) is 0 Å². The van der Waals surface area contributed by atoms with Crippen molar-refractivity contribution < 1.29 is 4.74 Å². The summed E-state index contributed by atoms with van der Waals surface area (Å²) in [6, 6.07) is 3.84. The minimum atomic E-state index is 0.543. The Labute approximate surface area is 85.1 Å². The Morgan fingerprint density at radius 3 is 2.79 bits per heavy atom. The van der Waals surface area contributed by atoms with E-state index < -0.39 is 0 Å². The lowest BCUT2D eigenvalue weighted by molar-refractivity contribution is 0.323. The van der Waals surface area contributed by atoms with Gasteiger partial charge in [-0.25, -0.2) is 0 Å². The molecule has 0 aliphatic rings. The van der Waals surface area contributed by atoms with Gasteiger partial charge in [-0.05, 0) is 25.5 Å². The summed E-state index contributed by atoms with van der Waals surface area (Å²) < 4.78 is 5.57. The summed E-state index contributed by atoms with van der Waals surface area (Å²) in [5.74, 6) is 3.40. The average molecular weight is 189 g/mol. The van der Waals surface area contributed by atoms with E-state index >= 15 is 0 Å². The molecule has 1 aromatic rings. The van der Waals surface area contributed by atoms with Crippen LogP contribution in [0.25, 0.3) is 0 Å². The van der Waals surface area contributed by atoms with E-state index in [4.69, 9.17) is 16.9 Å². The molecule has 0 aromatic heterocycles. The molecule has 14 heavy (non-hydrogen) atoms. The number of ether oxygens (including phenoxy) is 1. The van der Waals surface area contributed by atoms with Gasteiger partial charge in [0.05, 0.1) is 6.61 Å². The summed E-state index contributed by atoms with van der Waals surface area (Å²) in [6.07, 6.45) is 5.76. The highest BCUT2D eigenvalue weighted by Crippen LogP contribution is 2.27. The first kappa shape index (κ1) is 10.5. The van der Waals surface area contributed by atoms with Crippen LogP contribution in [0, 0.1) is 26.2 Å². The van der Waals surface area contributed by atoms with E-state index in [2.05, 4.69) is 5.92 Å². The van der Waals surface area contributed by atoms with E-state index in [0.29, 0.717) is 13.0 Å². The lowest BCUT2D eigenvalue weighted by Gasteiger charge is -2.12. The van der Waals surface area contributed by atoms with Gasteiger partial charge in [-0.3, -0.25) is 0 Å². The van der Waals surface area contributed by atoms with Gasteiger partial charge in [0, 0.05) is 17.7 Å². The standard InChI is InChI=1S/C12H15NO/c1-4-5-8-14-12-9(2)6-7-11(13)10(12)3/h1,6-7H,5,8,13H2,2-3H3. The van der Waals surface area contributed by atoms with Crippen molar-refractivity contribution in [3.8, 4) is 18.1 Å². The molecule has 0 saturated heterocycles. The van der Waals surface area contributed by atoms with Gasteiger partial charge in [0.2, 0.25) is 0 Å². The minimum Gasteiger partial charge on any atom is -0.492 e. The van der Waals surface area contributed by atoms with E-state index in [-0.39, 0.29) is 0 Å². The summed E-state index contributed by atoms with van der Waals surface area (Å²) in [4.78, 5) is 0. The Bertz CT molecular complexity index is 363. The number of terminal acetylenes is 1. The molecule has 0 fully saturated rings. The van der Waals surface area contributed by atoms with Gasteiger partial charge in [0.1, 0.15) is 5.75 Å². The molecule has 0 saturated carbocycles. The number of hydrogen-bond donors (Lipinski definition) is 1. The smallest absolute Gasteiger partial charge is 0.127 e. The predicted molar refractivity (Wildman–Crippen MR) is 59.3 cm³/mol. The van der Waals surface area contributed by atoms with Crippen molar-refractivity contribution in [1.29, 1.82) is 0 Å². The van der Waals surface area contributed by atoms with Crippen LogP contribution in [0.5, 0.6) is 5.75 Å². The van der Waals surface area contributed by atoms with Crippen LogP contribution in [0.4, 0.5) is 5.69 Å². The molecule has 0 heterocycles. The summed E-state index contributed by atoms with van der Waals surface area (Å²) in [7, 11) is 0. The van der Waals surface area contributed by atoms with Crippen molar-refractivity contribution in [3.63, 3.8) is 0 Å². The molecular formula is C12H15NO. The van der Waals surface area contributed by atoms with Crippen LogP contribution in [0.15, 0.2) is 12.1 Å². The molecule has 0 atom stereocenters. The Balaban J connectivity index is 2.85. The normalized spacial score (nSPS) is 9.50. The fourth-order valence-corrected chi connectivity index (χ4v) is 1.28. The van der Waals surface area contributed by atoms with Crippen molar-refractivity contribution in [2.24, 2.45) is 0 Å². The first-order chi connectivity index (χ1) is 6.66. The van der Waals surface area contributed by atoms with Crippen molar-refractivity contribution in [2.75, 3.05) is 12.3 Å². The van der Waals surface area contributed by atoms with Gasteiger partial charge in [-0.1, -0.05) is 6.07 Å². The number of nitrogen functional groups attached to an aromatic ring is 1. The SMILES string of the molecule is C#CCCOc1c(C)ccc(N)c1C. The van der Waals surface area contributed by atoms with Gasteiger partial charge >= 0.3 is 0 Å². The molecule has 2 N–H and O–H groups in total. The van der Waals surface area contributed by atoms with E-state index in [1.54, 1.807) is 0 Å². The number of benzene rings is 1. The van der Waals surface area contributed by atoms with Crippen molar-refractivity contribution in [3.05, 3.63) is 23.3 Å². The lowest BCUT2D eigenvalue weighted by atomic mass is 10.1. The molecule has 1 aromatic carbocycles. The molecule has 1 rings (SSSR count). The van der Waals surface area contributed by atoms with Crippen LogP contribution in [0.3, 0.4) is 0 Å². The zero-order valence-electron chi connectivity index (χ0n) is 8.63. The second-order valence-corrected chi connectivity index (χ2v) is 3.23. The maximum atomic E-state index is 5.77. The van der Waals surface area contributed by atoms with Gasteiger partial charge in [-0.2, -0.15) is 0 Å². The Morgan fingerprint density at radius 2 is 2.14 bits per heavy atom. The third-order valence-electron chi connectivity index (χ3n) is 2.14. The summed E-state index contributed by atoms with van der Waals surface area (Å²) >= 11 is 0. The third-order valence-corrected chi connectivity index (χ3v) is 2.14.